The Morgan fingerprint density at radius 2 is 2.25 bits per heavy atom. The molecule has 2 aliphatic rings. The smallest absolute Gasteiger partial charge is 0.340 e. The van der Waals surface area contributed by atoms with E-state index < -0.39 is 11.6 Å². The molecule has 7 nitrogen and oxygen atoms in total. The van der Waals surface area contributed by atoms with Crippen LogP contribution >= 0.6 is 11.6 Å². The third kappa shape index (κ3) is 3.50. The first kappa shape index (κ1) is 19.2. The van der Waals surface area contributed by atoms with E-state index in [9.17, 15) is 9.59 Å². The van der Waals surface area contributed by atoms with Crippen molar-refractivity contribution >= 4 is 28.5 Å². The maximum absolute atomic E-state index is 12.6. The summed E-state index contributed by atoms with van der Waals surface area (Å²) in [6.07, 6.45) is 2.23. The number of aryl methyl sites for hydroxylation is 1. The predicted octanol–water partition coefficient (Wildman–Crippen LogP) is 1.38. The van der Waals surface area contributed by atoms with Crippen LogP contribution in [0.2, 0.25) is 5.02 Å². The fourth-order valence-electron chi connectivity index (χ4n) is 4.00. The number of hydrogen-bond donors (Lipinski definition) is 1. The molecular weight excluding hydrogens is 386 g/mol. The van der Waals surface area contributed by atoms with E-state index in [-0.39, 0.29) is 18.1 Å². The summed E-state index contributed by atoms with van der Waals surface area (Å²) < 4.78 is 22.0. The molecule has 1 aromatic carbocycles. The monoisotopic (exact) mass is 408 g/mol. The van der Waals surface area contributed by atoms with E-state index in [1.807, 2.05) is 0 Å². The lowest BCUT2D eigenvalue weighted by Crippen LogP contribution is -3.13. The van der Waals surface area contributed by atoms with Crippen molar-refractivity contribution in [2.75, 3.05) is 27.0 Å². The van der Waals surface area contributed by atoms with Gasteiger partial charge in [-0.05, 0) is 31.4 Å². The van der Waals surface area contributed by atoms with Gasteiger partial charge in [-0.1, -0.05) is 11.6 Å². The van der Waals surface area contributed by atoms with Crippen molar-refractivity contribution in [1.82, 2.24) is 0 Å². The topological polar surface area (TPSA) is 79.4 Å². The third-order valence-electron chi connectivity index (χ3n) is 5.52. The van der Waals surface area contributed by atoms with E-state index in [4.69, 9.17) is 25.5 Å². The Balaban J connectivity index is 1.75. The first-order valence-corrected chi connectivity index (χ1v) is 9.78. The van der Waals surface area contributed by atoms with E-state index in [2.05, 4.69) is 4.74 Å². The second-order valence-electron chi connectivity index (χ2n) is 7.34. The molecule has 0 radical (unpaired) electrons. The lowest BCUT2D eigenvalue weighted by molar-refractivity contribution is -0.935. The molecule has 0 bridgehead atoms. The van der Waals surface area contributed by atoms with Crippen molar-refractivity contribution in [2.45, 2.75) is 38.8 Å². The molecule has 1 saturated heterocycles. The van der Waals surface area contributed by atoms with Gasteiger partial charge in [-0.3, -0.25) is 9.69 Å². The predicted molar refractivity (Wildman–Crippen MR) is 102 cm³/mol. The van der Waals surface area contributed by atoms with E-state index in [0.29, 0.717) is 40.6 Å². The Hall–Kier alpha value is -2.09. The molecular formula is C20H23ClNO6+. The standard InChI is InChI=1S/C20H22ClNO6/c1-11-13-6-16(21)19-15(9-22(10-27-19)8-12-4-3-5-26-12)18(13)28-20(24)14(11)7-17(23)25-2/h6,12H,3-5,7-10H2,1-2H3/p+1/t12-/m0/s1. The van der Waals surface area contributed by atoms with Crippen molar-refractivity contribution in [1.29, 1.82) is 0 Å². The van der Waals surface area contributed by atoms with Crippen LogP contribution in [-0.4, -0.2) is 39.1 Å². The highest BCUT2D eigenvalue weighted by atomic mass is 35.5. The zero-order valence-electron chi connectivity index (χ0n) is 15.9. The zero-order chi connectivity index (χ0) is 19.8. The van der Waals surface area contributed by atoms with Crippen LogP contribution in [0.3, 0.4) is 0 Å². The molecule has 28 heavy (non-hydrogen) atoms. The van der Waals surface area contributed by atoms with Gasteiger partial charge in [-0.2, -0.15) is 0 Å². The van der Waals surface area contributed by atoms with Crippen LogP contribution in [0.15, 0.2) is 15.3 Å². The average Bonchev–Trinajstić information content (AvgIpc) is 3.19. The molecule has 1 aromatic heterocycles. The molecule has 4 rings (SSSR count). The molecule has 8 heteroatoms. The van der Waals surface area contributed by atoms with Crippen molar-refractivity contribution in [3.05, 3.63) is 38.2 Å². The number of halogens is 1. The summed E-state index contributed by atoms with van der Waals surface area (Å²) in [6.45, 7) is 4.55. The molecule has 1 fully saturated rings. The summed E-state index contributed by atoms with van der Waals surface area (Å²) >= 11 is 6.47. The van der Waals surface area contributed by atoms with Gasteiger partial charge in [0.15, 0.2) is 11.3 Å². The summed E-state index contributed by atoms with van der Waals surface area (Å²) in [7, 11) is 1.29. The third-order valence-corrected chi connectivity index (χ3v) is 5.80. The zero-order valence-corrected chi connectivity index (χ0v) is 16.7. The van der Waals surface area contributed by atoms with Gasteiger partial charge in [0.1, 0.15) is 19.2 Å². The maximum atomic E-state index is 12.6. The second-order valence-corrected chi connectivity index (χ2v) is 7.75. The summed E-state index contributed by atoms with van der Waals surface area (Å²) in [5, 5.41) is 1.18. The molecule has 0 aliphatic carbocycles. The van der Waals surface area contributed by atoms with E-state index in [0.717, 1.165) is 31.6 Å². The van der Waals surface area contributed by atoms with Crippen LogP contribution in [0.25, 0.3) is 11.0 Å². The van der Waals surface area contributed by atoms with E-state index in [1.165, 1.54) is 12.0 Å². The second kappa shape index (κ2) is 7.73. The molecule has 1 unspecified atom stereocenters. The Bertz CT molecular complexity index is 979. The van der Waals surface area contributed by atoms with Gasteiger partial charge in [-0.15, -0.1) is 0 Å². The number of esters is 1. The number of methoxy groups -OCH3 is 1. The fraction of sp³-hybridized carbons (Fsp3) is 0.500. The molecule has 2 atom stereocenters. The van der Waals surface area contributed by atoms with E-state index in [1.54, 1.807) is 13.0 Å². The van der Waals surface area contributed by atoms with Gasteiger partial charge in [0.2, 0.25) is 6.73 Å². The lowest BCUT2D eigenvalue weighted by atomic mass is 10.00. The maximum Gasteiger partial charge on any atom is 0.340 e. The summed E-state index contributed by atoms with van der Waals surface area (Å²) in [4.78, 5) is 25.4. The number of rotatable bonds is 4. The number of quaternary nitrogens is 1. The molecule has 0 amide bonds. The van der Waals surface area contributed by atoms with Gasteiger partial charge in [-0.25, -0.2) is 4.79 Å². The highest BCUT2D eigenvalue weighted by Crippen LogP contribution is 2.37. The first-order valence-electron chi connectivity index (χ1n) is 9.40. The van der Waals surface area contributed by atoms with Crippen LogP contribution in [0.5, 0.6) is 5.75 Å². The Morgan fingerprint density at radius 1 is 1.43 bits per heavy atom. The van der Waals surface area contributed by atoms with Crippen molar-refractivity contribution in [2.24, 2.45) is 0 Å². The van der Waals surface area contributed by atoms with Gasteiger partial charge in [0, 0.05) is 12.0 Å². The summed E-state index contributed by atoms with van der Waals surface area (Å²) in [6, 6.07) is 1.74. The molecule has 2 aromatic rings. The number of benzene rings is 1. The molecule has 1 N–H and O–H groups in total. The molecule has 0 saturated carbocycles. The van der Waals surface area contributed by atoms with Gasteiger partial charge < -0.3 is 18.6 Å². The average molecular weight is 409 g/mol. The van der Waals surface area contributed by atoms with Crippen LogP contribution in [0.4, 0.5) is 0 Å². The van der Waals surface area contributed by atoms with Crippen LogP contribution in [0.1, 0.15) is 29.5 Å². The minimum absolute atomic E-state index is 0.137. The minimum Gasteiger partial charge on any atom is -0.469 e. The number of fused-ring (bicyclic) bond motifs is 3. The molecule has 150 valence electrons. The lowest BCUT2D eigenvalue weighted by Gasteiger charge is -2.28. The Labute approximate surface area is 167 Å². The minimum atomic E-state index is -0.536. The number of carbonyl (C=O) groups is 1. The number of carbonyl (C=O) groups excluding carboxylic acids is 1. The van der Waals surface area contributed by atoms with Gasteiger partial charge in [0.05, 0.1) is 29.7 Å². The summed E-state index contributed by atoms with van der Waals surface area (Å²) in [5.74, 6) is 0.0721. The fourth-order valence-corrected chi connectivity index (χ4v) is 4.28. The van der Waals surface area contributed by atoms with Crippen LogP contribution in [-0.2, 0) is 27.2 Å². The summed E-state index contributed by atoms with van der Waals surface area (Å²) in [5.41, 5.74) is 1.68. The Kier molecular flexibility index (Phi) is 5.31. The van der Waals surface area contributed by atoms with Gasteiger partial charge in [0.25, 0.3) is 0 Å². The normalized spacial score (nSPS) is 21.4. The SMILES string of the molecule is COC(=O)Cc1c(C)c2cc(Cl)c3c(c2oc1=O)C[NH+](C[C@@H]1CCCO1)CO3. The first-order chi connectivity index (χ1) is 13.5. The quantitative estimate of drug-likeness (QED) is 0.608. The number of ether oxygens (including phenoxy) is 3. The van der Waals surface area contributed by atoms with Crippen LogP contribution in [0, 0.1) is 6.92 Å². The molecule has 2 aliphatic heterocycles. The van der Waals surface area contributed by atoms with E-state index >= 15 is 0 Å². The van der Waals surface area contributed by atoms with Crippen molar-refractivity contribution in [3.8, 4) is 5.75 Å². The molecule has 3 heterocycles. The molecule has 0 spiro atoms. The number of hydrogen-bond acceptors (Lipinski definition) is 6. The Morgan fingerprint density at radius 3 is 2.96 bits per heavy atom. The van der Waals surface area contributed by atoms with Crippen molar-refractivity contribution in [3.63, 3.8) is 0 Å². The highest BCUT2D eigenvalue weighted by molar-refractivity contribution is 6.33. The van der Waals surface area contributed by atoms with Crippen molar-refractivity contribution < 1.29 is 28.3 Å². The largest absolute Gasteiger partial charge is 0.469 e. The van der Waals surface area contributed by atoms with Gasteiger partial charge >= 0.3 is 11.6 Å². The highest BCUT2D eigenvalue weighted by Gasteiger charge is 2.31. The number of nitrogens with one attached hydrogen (secondary N) is 1. The van der Waals surface area contributed by atoms with Crippen LogP contribution < -0.4 is 15.3 Å².